The number of hydrogen-bond donors (Lipinski definition) is 0. The Kier molecular flexibility index (Phi) is 9.43. The molecule has 0 aliphatic heterocycles. The molecule has 3 heteroatoms. The van der Waals surface area contributed by atoms with Crippen LogP contribution < -0.4 is 0 Å². The number of aromatic nitrogens is 1. The van der Waals surface area contributed by atoms with E-state index in [1.807, 2.05) is 38.7 Å². The predicted molar refractivity (Wildman–Crippen MR) is 145 cm³/mol. The molecule has 1 heterocycles. The van der Waals surface area contributed by atoms with Crippen molar-refractivity contribution >= 4 is 17.4 Å². The van der Waals surface area contributed by atoms with Crippen molar-refractivity contribution in [2.45, 2.75) is 47.0 Å². The van der Waals surface area contributed by atoms with Crippen molar-refractivity contribution in [1.82, 2.24) is 9.88 Å². The first kappa shape index (κ1) is 25.9. The number of benzene rings is 1. The molecule has 2 aromatic rings. The van der Waals surface area contributed by atoms with Gasteiger partial charge in [0.15, 0.2) is 0 Å². The highest BCUT2D eigenvalue weighted by molar-refractivity contribution is 6.10. The number of aliphatic imine (C=N–C) groups is 1. The average molecular weight is 440 g/mol. The maximum Gasteiger partial charge on any atom is 0.0705 e. The summed E-state index contributed by atoms with van der Waals surface area (Å²) in [6.07, 6.45) is 16.4. The molecular formula is C30H37N3. The molecule has 0 aliphatic carbocycles. The van der Waals surface area contributed by atoms with E-state index in [1.165, 1.54) is 0 Å². The molecular weight excluding hydrogens is 402 g/mol. The summed E-state index contributed by atoms with van der Waals surface area (Å²) >= 11 is 0. The minimum absolute atomic E-state index is 0.111. The number of terminal acetylenes is 1. The zero-order chi connectivity index (χ0) is 24.4. The Morgan fingerprint density at radius 1 is 1.21 bits per heavy atom. The Labute approximate surface area is 200 Å². The van der Waals surface area contributed by atoms with Gasteiger partial charge < -0.3 is 4.90 Å². The Hall–Kier alpha value is -3.38. The van der Waals surface area contributed by atoms with Gasteiger partial charge in [0, 0.05) is 49.4 Å². The third-order valence-electron chi connectivity index (χ3n) is 5.15. The van der Waals surface area contributed by atoms with Crippen LogP contribution in [0.15, 0.2) is 66.3 Å². The van der Waals surface area contributed by atoms with E-state index in [4.69, 9.17) is 11.4 Å². The van der Waals surface area contributed by atoms with Crippen molar-refractivity contribution in [3.05, 3.63) is 78.1 Å². The SMILES string of the molecule is C#CN(C)/C=C(\C=C)c1cccc(-c2ccc(/C(C=NC)=C/CCC)c(CC(C)(C)C)n2)c1. The molecule has 0 N–H and O–H groups in total. The summed E-state index contributed by atoms with van der Waals surface area (Å²) in [6.45, 7) is 12.9. The van der Waals surface area contributed by atoms with Crippen LogP contribution in [0.25, 0.3) is 22.4 Å². The lowest BCUT2D eigenvalue weighted by atomic mass is 9.87. The molecule has 0 amide bonds. The van der Waals surface area contributed by atoms with E-state index in [2.05, 4.69) is 81.7 Å². The molecule has 1 aromatic carbocycles. The molecule has 172 valence electrons. The van der Waals surface area contributed by atoms with Crippen LogP contribution in [0.4, 0.5) is 0 Å². The summed E-state index contributed by atoms with van der Waals surface area (Å²) in [6, 6.07) is 15.2. The van der Waals surface area contributed by atoms with Crippen LogP contribution in [0, 0.1) is 17.9 Å². The highest BCUT2D eigenvalue weighted by atomic mass is 15.0. The second-order valence-corrected chi connectivity index (χ2v) is 9.37. The molecule has 0 aliphatic rings. The van der Waals surface area contributed by atoms with Gasteiger partial charge in [0.2, 0.25) is 0 Å². The van der Waals surface area contributed by atoms with Gasteiger partial charge >= 0.3 is 0 Å². The first-order chi connectivity index (χ1) is 15.7. The standard InChI is InChI=1S/C30H37N3/c1-9-12-14-26(21-31-7)27-17-18-28(32-29(27)20-30(4,5)6)25-16-13-15-24(19-25)23(10-2)22-33(8)11-3/h3,10,13-19,21-22H,2,9,12,20H2,1,4-8H3/b23-22+,26-14+,31-21?. The van der Waals surface area contributed by atoms with E-state index in [1.54, 1.807) is 4.90 Å². The number of rotatable bonds is 9. The first-order valence-electron chi connectivity index (χ1n) is 11.5. The van der Waals surface area contributed by atoms with Crippen LogP contribution in [0.5, 0.6) is 0 Å². The molecule has 0 saturated carbocycles. The summed E-state index contributed by atoms with van der Waals surface area (Å²) in [4.78, 5) is 11.1. The third-order valence-corrected chi connectivity index (χ3v) is 5.15. The van der Waals surface area contributed by atoms with E-state index >= 15 is 0 Å². The lowest BCUT2D eigenvalue weighted by Gasteiger charge is -2.21. The number of unbranched alkanes of at least 4 members (excludes halogenated alkanes) is 1. The molecule has 3 nitrogen and oxygen atoms in total. The van der Waals surface area contributed by atoms with Crippen molar-refractivity contribution in [3.63, 3.8) is 0 Å². The van der Waals surface area contributed by atoms with Gasteiger partial charge in [-0.15, -0.1) is 0 Å². The minimum Gasteiger partial charge on any atom is -0.311 e. The Morgan fingerprint density at radius 3 is 2.58 bits per heavy atom. The third kappa shape index (κ3) is 7.61. The lowest BCUT2D eigenvalue weighted by Crippen LogP contribution is -2.13. The molecule has 0 spiro atoms. The second-order valence-electron chi connectivity index (χ2n) is 9.37. The predicted octanol–water partition coefficient (Wildman–Crippen LogP) is 7.27. The largest absolute Gasteiger partial charge is 0.311 e. The molecule has 0 saturated heterocycles. The summed E-state index contributed by atoms with van der Waals surface area (Å²) in [5.41, 5.74) is 7.54. The molecule has 33 heavy (non-hydrogen) atoms. The fourth-order valence-corrected chi connectivity index (χ4v) is 3.58. The number of nitrogens with zero attached hydrogens (tertiary/aromatic N) is 3. The van der Waals surface area contributed by atoms with Crippen LogP contribution >= 0.6 is 0 Å². The van der Waals surface area contributed by atoms with E-state index < -0.39 is 0 Å². The van der Waals surface area contributed by atoms with E-state index in [9.17, 15) is 0 Å². The molecule has 0 atom stereocenters. The maximum absolute atomic E-state index is 5.50. The number of allylic oxidation sites excluding steroid dienone is 4. The topological polar surface area (TPSA) is 28.5 Å². The van der Waals surface area contributed by atoms with Gasteiger partial charge in [0.1, 0.15) is 0 Å². The summed E-state index contributed by atoms with van der Waals surface area (Å²) in [5, 5.41) is 0. The van der Waals surface area contributed by atoms with Gasteiger partial charge in [-0.2, -0.15) is 0 Å². The first-order valence-corrected chi connectivity index (χ1v) is 11.5. The molecule has 1 aromatic heterocycles. The number of hydrogen-bond acceptors (Lipinski definition) is 3. The van der Waals surface area contributed by atoms with E-state index in [0.29, 0.717) is 0 Å². The van der Waals surface area contributed by atoms with Gasteiger partial charge in [0.05, 0.1) is 5.69 Å². The zero-order valence-corrected chi connectivity index (χ0v) is 21.0. The van der Waals surface area contributed by atoms with Crippen molar-refractivity contribution in [2.75, 3.05) is 14.1 Å². The smallest absolute Gasteiger partial charge is 0.0705 e. The fraction of sp³-hybridized carbons (Fsp3) is 0.333. The summed E-state index contributed by atoms with van der Waals surface area (Å²) in [5.74, 6) is 0. The Bertz CT molecular complexity index is 1090. The molecule has 0 fully saturated rings. The van der Waals surface area contributed by atoms with Crippen LogP contribution in [-0.2, 0) is 6.42 Å². The molecule has 0 unspecified atom stereocenters. The van der Waals surface area contributed by atoms with E-state index in [-0.39, 0.29) is 5.41 Å². The quantitative estimate of drug-likeness (QED) is 0.178. The normalized spacial score (nSPS) is 12.6. The summed E-state index contributed by atoms with van der Waals surface area (Å²) < 4.78 is 0. The van der Waals surface area contributed by atoms with Gasteiger partial charge in [-0.25, -0.2) is 0 Å². The molecule has 2 rings (SSSR count). The van der Waals surface area contributed by atoms with Gasteiger partial charge in [-0.05, 0) is 47.1 Å². The molecule has 0 bridgehead atoms. The Balaban J connectivity index is 2.61. The zero-order valence-electron chi connectivity index (χ0n) is 21.0. The fourth-order valence-electron chi connectivity index (χ4n) is 3.58. The van der Waals surface area contributed by atoms with Crippen LogP contribution in [-0.4, -0.2) is 30.2 Å². The van der Waals surface area contributed by atoms with Gasteiger partial charge in [-0.3, -0.25) is 9.98 Å². The highest BCUT2D eigenvalue weighted by Crippen LogP contribution is 2.30. The monoisotopic (exact) mass is 439 g/mol. The number of pyridine rings is 1. The average Bonchev–Trinajstić information content (AvgIpc) is 2.79. The Morgan fingerprint density at radius 2 is 1.97 bits per heavy atom. The van der Waals surface area contributed by atoms with Crippen molar-refractivity contribution < 1.29 is 0 Å². The van der Waals surface area contributed by atoms with Gasteiger partial charge in [-0.1, -0.05) is 83.5 Å². The molecule has 0 radical (unpaired) electrons. The van der Waals surface area contributed by atoms with Crippen LogP contribution in [0.1, 0.15) is 57.4 Å². The van der Waals surface area contributed by atoms with Gasteiger partial charge in [0.25, 0.3) is 0 Å². The lowest BCUT2D eigenvalue weighted by molar-refractivity contribution is 0.406. The maximum atomic E-state index is 5.50. The van der Waals surface area contributed by atoms with Crippen molar-refractivity contribution in [2.24, 2.45) is 10.4 Å². The van der Waals surface area contributed by atoms with E-state index in [0.717, 1.165) is 58.5 Å². The van der Waals surface area contributed by atoms with Crippen molar-refractivity contribution in [1.29, 1.82) is 0 Å². The van der Waals surface area contributed by atoms with Crippen LogP contribution in [0.2, 0.25) is 0 Å². The minimum atomic E-state index is 0.111. The van der Waals surface area contributed by atoms with Crippen molar-refractivity contribution in [3.8, 4) is 23.7 Å². The summed E-state index contributed by atoms with van der Waals surface area (Å²) in [7, 11) is 3.66. The van der Waals surface area contributed by atoms with Crippen LogP contribution in [0.3, 0.4) is 0 Å². The highest BCUT2D eigenvalue weighted by Gasteiger charge is 2.18. The second kappa shape index (κ2) is 12.0.